The number of benzene rings is 1. The highest BCUT2D eigenvalue weighted by Gasteiger charge is 2.31. The SMILES string of the molecule is C[C@H]1Cc2ccccc2N1C(=O)COC(=O)CN1CCSC1=O. The molecule has 2 aliphatic heterocycles. The van der Waals surface area contributed by atoms with Gasteiger partial charge >= 0.3 is 5.97 Å². The summed E-state index contributed by atoms with van der Waals surface area (Å²) in [6.45, 7) is 2.13. The number of amides is 2. The third kappa shape index (κ3) is 3.34. The first-order valence-corrected chi connectivity index (χ1v) is 8.52. The Balaban J connectivity index is 1.55. The molecule has 0 bridgehead atoms. The Morgan fingerprint density at radius 1 is 1.35 bits per heavy atom. The van der Waals surface area contributed by atoms with Crippen LogP contribution in [0.1, 0.15) is 12.5 Å². The molecular formula is C16H18N2O4S. The number of fused-ring (bicyclic) bond motifs is 1. The van der Waals surface area contributed by atoms with Crippen LogP contribution in [0, 0.1) is 0 Å². The Kier molecular flexibility index (Phi) is 4.56. The summed E-state index contributed by atoms with van der Waals surface area (Å²) in [5.74, 6) is -0.0973. The summed E-state index contributed by atoms with van der Waals surface area (Å²) in [4.78, 5) is 38.7. The molecule has 1 aromatic rings. The molecule has 0 radical (unpaired) electrons. The van der Waals surface area contributed by atoms with Crippen LogP contribution in [-0.2, 0) is 20.7 Å². The van der Waals surface area contributed by atoms with Crippen LogP contribution < -0.4 is 4.90 Å². The predicted molar refractivity (Wildman–Crippen MR) is 87.5 cm³/mol. The third-order valence-corrected chi connectivity index (χ3v) is 4.89. The van der Waals surface area contributed by atoms with Crippen molar-refractivity contribution in [1.82, 2.24) is 4.90 Å². The molecule has 0 N–H and O–H groups in total. The lowest BCUT2D eigenvalue weighted by atomic mass is 10.1. The maximum atomic E-state index is 12.4. The van der Waals surface area contributed by atoms with E-state index >= 15 is 0 Å². The minimum Gasteiger partial charge on any atom is -0.454 e. The zero-order valence-electron chi connectivity index (χ0n) is 12.9. The lowest BCUT2D eigenvalue weighted by Crippen LogP contribution is -2.39. The minimum absolute atomic E-state index is 0.0511. The number of hydrogen-bond acceptors (Lipinski definition) is 5. The first-order chi connectivity index (χ1) is 11.1. The summed E-state index contributed by atoms with van der Waals surface area (Å²) >= 11 is 1.19. The summed E-state index contributed by atoms with van der Waals surface area (Å²) < 4.78 is 5.06. The second-order valence-electron chi connectivity index (χ2n) is 5.64. The normalized spacial score (nSPS) is 19.9. The van der Waals surface area contributed by atoms with Crippen molar-refractivity contribution in [2.75, 3.05) is 30.3 Å². The van der Waals surface area contributed by atoms with Crippen LogP contribution in [-0.4, -0.2) is 53.5 Å². The Morgan fingerprint density at radius 2 is 2.13 bits per heavy atom. The van der Waals surface area contributed by atoms with Crippen LogP contribution >= 0.6 is 11.8 Å². The van der Waals surface area contributed by atoms with Crippen molar-refractivity contribution in [3.63, 3.8) is 0 Å². The number of anilines is 1. The number of nitrogens with zero attached hydrogens (tertiary/aromatic N) is 2. The first kappa shape index (κ1) is 15.9. The molecule has 0 unspecified atom stereocenters. The van der Waals surface area contributed by atoms with Crippen LogP contribution in [0.25, 0.3) is 0 Å². The molecule has 1 atom stereocenters. The van der Waals surface area contributed by atoms with Crippen molar-refractivity contribution in [3.8, 4) is 0 Å². The summed E-state index contributed by atoms with van der Waals surface area (Å²) in [5, 5.41) is -0.115. The van der Waals surface area contributed by atoms with Crippen molar-refractivity contribution in [2.45, 2.75) is 19.4 Å². The predicted octanol–water partition coefficient (Wildman–Crippen LogP) is 1.68. The van der Waals surface area contributed by atoms with Crippen molar-refractivity contribution in [3.05, 3.63) is 29.8 Å². The smallest absolute Gasteiger partial charge is 0.326 e. The van der Waals surface area contributed by atoms with Gasteiger partial charge in [-0.2, -0.15) is 0 Å². The van der Waals surface area contributed by atoms with Gasteiger partial charge in [0.25, 0.3) is 11.1 Å². The number of para-hydroxylation sites is 1. The molecule has 23 heavy (non-hydrogen) atoms. The number of hydrogen-bond donors (Lipinski definition) is 0. The van der Waals surface area contributed by atoms with Crippen molar-refractivity contribution in [1.29, 1.82) is 0 Å². The van der Waals surface area contributed by atoms with E-state index in [9.17, 15) is 14.4 Å². The van der Waals surface area contributed by atoms with Gasteiger partial charge in [-0.15, -0.1) is 0 Å². The fraction of sp³-hybridized carbons (Fsp3) is 0.438. The number of rotatable bonds is 4. The van der Waals surface area contributed by atoms with Gasteiger partial charge in [0.05, 0.1) is 0 Å². The van der Waals surface area contributed by atoms with Crippen molar-refractivity contribution < 1.29 is 19.1 Å². The second kappa shape index (κ2) is 6.62. The van der Waals surface area contributed by atoms with Gasteiger partial charge in [0.2, 0.25) is 0 Å². The zero-order valence-corrected chi connectivity index (χ0v) is 13.7. The summed E-state index contributed by atoms with van der Waals surface area (Å²) in [6, 6.07) is 7.79. The van der Waals surface area contributed by atoms with Gasteiger partial charge in [-0.05, 0) is 25.0 Å². The monoisotopic (exact) mass is 334 g/mol. The molecule has 1 aromatic carbocycles. The molecule has 2 heterocycles. The topological polar surface area (TPSA) is 66.9 Å². The van der Waals surface area contributed by atoms with Crippen LogP contribution in [0.4, 0.5) is 10.5 Å². The Morgan fingerprint density at radius 3 is 2.87 bits per heavy atom. The molecule has 0 spiro atoms. The van der Waals surface area contributed by atoms with E-state index in [4.69, 9.17) is 4.74 Å². The summed E-state index contributed by atoms with van der Waals surface area (Å²) in [5.41, 5.74) is 2.01. The van der Waals surface area contributed by atoms with Gasteiger partial charge in [-0.1, -0.05) is 30.0 Å². The molecule has 0 saturated carbocycles. The quantitative estimate of drug-likeness (QED) is 0.784. The lowest BCUT2D eigenvalue weighted by Gasteiger charge is -2.22. The largest absolute Gasteiger partial charge is 0.454 e. The summed E-state index contributed by atoms with van der Waals surface area (Å²) in [7, 11) is 0. The van der Waals surface area contributed by atoms with E-state index in [0.29, 0.717) is 12.3 Å². The van der Waals surface area contributed by atoms with E-state index in [-0.39, 0.29) is 30.3 Å². The van der Waals surface area contributed by atoms with Crippen LogP contribution in [0.2, 0.25) is 0 Å². The minimum atomic E-state index is -0.547. The Labute approximate surface area is 138 Å². The fourth-order valence-electron chi connectivity index (χ4n) is 2.93. The second-order valence-corrected chi connectivity index (χ2v) is 6.69. The highest BCUT2D eigenvalue weighted by Crippen LogP contribution is 2.31. The average molecular weight is 334 g/mol. The lowest BCUT2D eigenvalue weighted by molar-refractivity contribution is -0.148. The average Bonchev–Trinajstić information content (AvgIpc) is 3.07. The fourth-order valence-corrected chi connectivity index (χ4v) is 3.75. The first-order valence-electron chi connectivity index (χ1n) is 7.53. The molecule has 0 aliphatic carbocycles. The Bertz CT molecular complexity index is 649. The van der Waals surface area contributed by atoms with Crippen molar-refractivity contribution in [2.24, 2.45) is 0 Å². The zero-order chi connectivity index (χ0) is 16.4. The molecule has 122 valence electrons. The summed E-state index contributed by atoms with van der Waals surface area (Å²) in [6.07, 6.45) is 0.801. The van der Waals surface area contributed by atoms with E-state index in [2.05, 4.69) is 0 Å². The van der Waals surface area contributed by atoms with E-state index in [1.807, 2.05) is 31.2 Å². The van der Waals surface area contributed by atoms with E-state index in [1.165, 1.54) is 16.7 Å². The van der Waals surface area contributed by atoms with Crippen LogP contribution in [0.15, 0.2) is 24.3 Å². The van der Waals surface area contributed by atoms with Crippen LogP contribution in [0.3, 0.4) is 0 Å². The number of thioether (sulfide) groups is 1. The molecule has 6 nitrogen and oxygen atoms in total. The highest BCUT2D eigenvalue weighted by molar-refractivity contribution is 8.13. The number of carbonyl (C=O) groups excluding carboxylic acids is 3. The van der Waals surface area contributed by atoms with Crippen molar-refractivity contribution >= 4 is 34.6 Å². The van der Waals surface area contributed by atoms with Gasteiger partial charge in [0.1, 0.15) is 6.54 Å². The van der Waals surface area contributed by atoms with Gasteiger partial charge in [-0.3, -0.25) is 14.4 Å². The van der Waals surface area contributed by atoms with E-state index in [1.54, 1.807) is 4.90 Å². The molecule has 0 aromatic heterocycles. The molecular weight excluding hydrogens is 316 g/mol. The molecule has 2 amide bonds. The molecule has 3 rings (SSSR count). The standard InChI is InChI=1S/C16H18N2O4S/c1-11-8-12-4-2-3-5-13(12)18(11)14(19)10-22-15(20)9-17-6-7-23-16(17)21/h2-5,11H,6-10H2,1H3/t11-/m0/s1. The Hall–Kier alpha value is -2.02. The maximum absolute atomic E-state index is 12.4. The van der Waals surface area contributed by atoms with E-state index < -0.39 is 5.97 Å². The number of carbonyl (C=O) groups is 3. The molecule has 1 fully saturated rings. The van der Waals surface area contributed by atoms with Gasteiger partial charge < -0.3 is 14.5 Å². The molecule has 1 saturated heterocycles. The molecule has 2 aliphatic rings. The third-order valence-electron chi connectivity index (χ3n) is 4.00. The van der Waals surface area contributed by atoms with Gasteiger partial charge in [0.15, 0.2) is 6.61 Å². The van der Waals surface area contributed by atoms with E-state index in [0.717, 1.165) is 17.7 Å². The van der Waals surface area contributed by atoms with Gasteiger partial charge in [0, 0.05) is 24.0 Å². The number of ether oxygens (including phenoxy) is 1. The van der Waals surface area contributed by atoms with Crippen LogP contribution in [0.5, 0.6) is 0 Å². The number of esters is 1. The maximum Gasteiger partial charge on any atom is 0.326 e. The highest BCUT2D eigenvalue weighted by atomic mass is 32.2. The van der Waals surface area contributed by atoms with Gasteiger partial charge in [-0.25, -0.2) is 0 Å². The molecule has 7 heteroatoms.